The van der Waals surface area contributed by atoms with Gasteiger partial charge in [-0.2, -0.15) is 0 Å². The minimum absolute atomic E-state index is 0.0789. The number of aliphatic hydroxyl groups is 1. The van der Waals surface area contributed by atoms with E-state index in [0.29, 0.717) is 0 Å². The van der Waals surface area contributed by atoms with Gasteiger partial charge in [-0.25, -0.2) is 9.18 Å². The van der Waals surface area contributed by atoms with E-state index in [1.807, 2.05) is 0 Å². The van der Waals surface area contributed by atoms with Crippen molar-refractivity contribution >= 4 is 11.9 Å². The maximum Gasteiger partial charge on any atom is 0.342 e. The Morgan fingerprint density at radius 2 is 1.93 bits per heavy atom. The van der Waals surface area contributed by atoms with Gasteiger partial charge in [0.25, 0.3) is 0 Å². The second kappa shape index (κ2) is 2.44. The van der Waals surface area contributed by atoms with E-state index in [2.05, 4.69) is 0 Å². The predicted molar refractivity (Wildman–Crippen MR) is 40.2 cm³/mol. The fourth-order valence-corrected chi connectivity index (χ4v) is 2.55. The molecule has 2 fully saturated rings. The molecule has 6 heteroatoms. The van der Waals surface area contributed by atoms with Gasteiger partial charge in [-0.1, -0.05) is 0 Å². The Kier molecular flexibility index (Phi) is 1.64. The smallest absolute Gasteiger partial charge is 0.342 e. The van der Waals surface area contributed by atoms with Crippen molar-refractivity contribution in [3.63, 3.8) is 0 Å². The van der Waals surface area contributed by atoms with Gasteiger partial charge in [0.1, 0.15) is 0 Å². The van der Waals surface area contributed by atoms with Crippen molar-refractivity contribution in [2.45, 2.75) is 18.2 Å². The third-order valence-corrected chi connectivity index (χ3v) is 3.26. The molecule has 2 rings (SSSR count). The van der Waals surface area contributed by atoms with Crippen LogP contribution < -0.4 is 0 Å². The highest BCUT2D eigenvalue weighted by Crippen LogP contribution is 2.65. The van der Waals surface area contributed by atoms with Gasteiger partial charge in [-0.05, 0) is 6.42 Å². The highest BCUT2D eigenvalue weighted by molar-refractivity contribution is 5.86. The van der Waals surface area contributed by atoms with E-state index >= 15 is 0 Å². The van der Waals surface area contributed by atoms with Gasteiger partial charge in [-0.3, -0.25) is 4.79 Å². The average Bonchev–Trinajstić information content (AvgIpc) is 2.52. The van der Waals surface area contributed by atoms with Crippen molar-refractivity contribution in [3.8, 4) is 0 Å². The molecule has 5 atom stereocenters. The first kappa shape index (κ1) is 9.39. The molecule has 0 amide bonds. The maximum absolute atomic E-state index is 13.5. The lowest BCUT2D eigenvalue weighted by Crippen LogP contribution is -2.35. The zero-order valence-corrected chi connectivity index (χ0v) is 7.05. The summed E-state index contributed by atoms with van der Waals surface area (Å²) in [5, 5.41) is 26.5. The van der Waals surface area contributed by atoms with Crippen molar-refractivity contribution in [1.29, 1.82) is 0 Å². The van der Waals surface area contributed by atoms with Gasteiger partial charge in [0.05, 0.1) is 12.0 Å². The van der Waals surface area contributed by atoms with Gasteiger partial charge < -0.3 is 15.3 Å². The number of hydrogen-bond donors (Lipinski definition) is 3. The fourth-order valence-electron chi connectivity index (χ4n) is 2.55. The first-order chi connectivity index (χ1) is 6.40. The zero-order valence-electron chi connectivity index (χ0n) is 7.05. The summed E-state index contributed by atoms with van der Waals surface area (Å²) in [6.45, 7) is 0. The topological polar surface area (TPSA) is 94.8 Å². The third-order valence-electron chi connectivity index (χ3n) is 3.26. The lowest BCUT2D eigenvalue weighted by molar-refractivity contribution is -0.151. The zero-order chi connectivity index (χ0) is 10.7. The van der Waals surface area contributed by atoms with Gasteiger partial charge in [0.15, 0.2) is 0 Å². The van der Waals surface area contributed by atoms with Crippen LogP contribution in [-0.2, 0) is 9.59 Å². The van der Waals surface area contributed by atoms with Crippen LogP contribution in [0.1, 0.15) is 6.42 Å². The highest BCUT2D eigenvalue weighted by atomic mass is 19.1. The lowest BCUT2D eigenvalue weighted by Gasteiger charge is -2.16. The van der Waals surface area contributed by atoms with Gasteiger partial charge >= 0.3 is 11.9 Å². The summed E-state index contributed by atoms with van der Waals surface area (Å²) in [6, 6.07) is 0. The number of rotatable bonds is 2. The molecule has 0 bridgehead atoms. The van der Waals surface area contributed by atoms with E-state index < -0.39 is 41.5 Å². The SMILES string of the molecule is O=C(O)C1C(O)CC2C1C2(F)C(=O)O. The maximum atomic E-state index is 13.5. The van der Waals surface area contributed by atoms with Gasteiger partial charge in [-0.15, -0.1) is 0 Å². The number of fused-ring (bicyclic) bond motifs is 1. The Balaban J connectivity index is 2.24. The van der Waals surface area contributed by atoms with E-state index in [0.717, 1.165) is 0 Å². The van der Waals surface area contributed by atoms with Crippen LogP contribution in [0, 0.1) is 17.8 Å². The predicted octanol–water partition coefficient (Wildman–Crippen LogP) is -0.509. The summed E-state index contributed by atoms with van der Waals surface area (Å²) in [5.74, 6) is -6.12. The third kappa shape index (κ3) is 0.863. The van der Waals surface area contributed by atoms with Gasteiger partial charge in [0, 0.05) is 11.8 Å². The first-order valence-electron chi connectivity index (χ1n) is 4.24. The molecule has 2 saturated carbocycles. The summed E-state index contributed by atoms with van der Waals surface area (Å²) in [4.78, 5) is 21.2. The molecule has 0 heterocycles. The summed E-state index contributed by atoms with van der Waals surface area (Å²) in [7, 11) is 0. The van der Waals surface area contributed by atoms with E-state index in [1.54, 1.807) is 0 Å². The van der Waals surface area contributed by atoms with Crippen LogP contribution in [0.3, 0.4) is 0 Å². The molecule has 14 heavy (non-hydrogen) atoms. The molecule has 5 unspecified atom stereocenters. The quantitative estimate of drug-likeness (QED) is 0.563. The fraction of sp³-hybridized carbons (Fsp3) is 0.750. The van der Waals surface area contributed by atoms with E-state index in [-0.39, 0.29) is 6.42 Å². The second-order valence-electron chi connectivity index (χ2n) is 3.87. The molecular weight excluding hydrogens is 195 g/mol. The summed E-state index contributed by atoms with van der Waals surface area (Å²) < 4.78 is 13.5. The van der Waals surface area contributed by atoms with Crippen molar-refractivity contribution in [1.82, 2.24) is 0 Å². The second-order valence-corrected chi connectivity index (χ2v) is 3.87. The summed E-state index contributed by atoms with van der Waals surface area (Å²) >= 11 is 0. The van der Waals surface area contributed by atoms with E-state index in [4.69, 9.17) is 10.2 Å². The molecule has 0 aromatic heterocycles. The van der Waals surface area contributed by atoms with Crippen molar-refractivity contribution < 1.29 is 29.3 Å². The average molecular weight is 204 g/mol. The molecular formula is C8H9FO5. The van der Waals surface area contributed by atoms with Gasteiger partial charge in [0.2, 0.25) is 5.67 Å². The number of aliphatic hydroxyl groups excluding tert-OH is 1. The van der Waals surface area contributed by atoms with Crippen molar-refractivity contribution in [2.75, 3.05) is 0 Å². The Morgan fingerprint density at radius 1 is 1.36 bits per heavy atom. The highest BCUT2D eigenvalue weighted by Gasteiger charge is 2.79. The Hall–Kier alpha value is -1.17. The molecule has 2 aliphatic rings. The Labute approximate surface area is 78.2 Å². The molecule has 3 N–H and O–H groups in total. The molecule has 2 aliphatic carbocycles. The molecule has 0 radical (unpaired) electrons. The number of halogens is 1. The van der Waals surface area contributed by atoms with Crippen LogP contribution in [0.15, 0.2) is 0 Å². The number of hydrogen-bond acceptors (Lipinski definition) is 3. The normalized spacial score (nSPS) is 49.9. The Bertz CT molecular complexity index is 317. The molecule has 0 spiro atoms. The Morgan fingerprint density at radius 3 is 2.36 bits per heavy atom. The molecule has 78 valence electrons. The van der Waals surface area contributed by atoms with Crippen LogP contribution in [0.4, 0.5) is 4.39 Å². The largest absolute Gasteiger partial charge is 0.481 e. The molecule has 0 aromatic carbocycles. The number of carbonyl (C=O) groups is 2. The standard InChI is InChI=1S/C8H9FO5/c9-8(7(13)14)2-1-3(10)4(5(2)8)6(11)12/h2-5,10H,1H2,(H,11,12)(H,13,14). The molecule has 0 saturated heterocycles. The monoisotopic (exact) mass is 204 g/mol. The van der Waals surface area contributed by atoms with E-state index in [9.17, 15) is 19.1 Å². The first-order valence-corrected chi connectivity index (χ1v) is 4.24. The lowest BCUT2D eigenvalue weighted by atomic mass is 9.96. The minimum atomic E-state index is -2.43. The van der Waals surface area contributed by atoms with Crippen LogP contribution in [0.5, 0.6) is 0 Å². The van der Waals surface area contributed by atoms with Crippen LogP contribution in [0.2, 0.25) is 0 Å². The van der Waals surface area contributed by atoms with Crippen molar-refractivity contribution in [2.24, 2.45) is 17.8 Å². The molecule has 0 aromatic rings. The molecule has 0 aliphatic heterocycles. The molecule has 5 nitrogen and oxygen atoms in total. The van der Waals surface area contributed by atoms with Crippen LogP contribution in [-0.4, -0.2) is 39.0 Å². The van der Waals surface area contributed by atoms with Crippen LogP contribution >= 0.6 is 0 Å². The van der Waals surface area contributed by atoms with Crippen LogP contribution in [0.25, 0.3) is 0 Å². The number of carboxylic acid groups (broad SMARTS) is 2. The number of alkyl halides is 1. The summed E-state index contributed by atoms with van der Waals surface area (Å²) in [5.41, 5.74) is -2.43. The number of carboxylic acids is 2. The van der Waals surface area contributed by atoms with E-state index in [1.165, 1.54) is 0 Å². The minimum Gasteiger partial charge on any atom is -0.481 e. The number of aliphatic carboxylic acids is 2. The van der Waals surface area contributed by atoms with Crippen molar-refractivity contribution in [3.05, 3.63) is 0 Å². The summed E-state index contributed by atoms with van der Waals surface area (Å²) in [6.07, 6.45) is -1.20.